The van der Waals surface area contributed by atoms with E-state index >= 15 is 0 Å². The van der Waals surface area contributed by atoms with Gasteiger partial charge in [0, 0.05) is 17.2 Å². The number of carbonyl (C=O) groups excluding carboxylic acids is 2. The van der Waals surface area contributed by atoms with Gasteiger partial charge in [0.15, 0.2) is 0 Å². The fourth-order valence-electron chi connectivity index (χ4n) is 3.63. The van der Waals surface area contributed by atoms with Gasteiger partial charge in [-0.25, -0.2) is 0 Å². The van der Waals surface area contributed by atoms with Crippen molar-refractivity contribution in [2.45, 2.75) is 37.1 Å². The van der Waals surface area contributed by atoms with Crippen molar-refractivity contribution < 1.29 is 24.2 Å². The van der Waals surface area contributed by atoms with Gasteiger partial charge >= 0.3 is 11.9 Å². The summed E-state index contributed by atoms with van der Waals surface area (Å²) in [5.41, 5.74) is 1.09. The number of carboxylic acid groups (broad SMARTS) is 1. The molecule has 0 radical (unpaired) electrons. The number of aryl methyl sites for hydroxylation is 1. The average molecular weight is 513 g/mol. The molecule has 3 unspecified atom stereocenters. The molecule has 1 aromatic heterocycles. The van der Waals surface area contributed by atoms with Crippen LogP contribution in [0.15, 0.2) is 47.8 Å². The first-order valence-electron chi connectivity index (χ1n) is 10.6. The summed E-state index contributed by atoms with van der Waals surface area (Å²) in [5.74, 6) is -1.31. The van der Waals surface area contributed by atoms with Crippen LogP contribution in [0.4, 0.5) is 0 Å². The summed E-state index contributed by atoms with van der Waals surface area (Å²) in [6.07, 6.45) is 1.13. The van der Waals surface area contributed by atoms with E-state index in [0.29, 0.717) is 25.1 Å². The smallest absolute Gasteiger partial charge is 0.323 e. The lowest BCUT2D eigenvalue weighted by molar-refractivity contribution is -0.148. The molecule has 2 aromatic rings. The normalized spacial score (nSPS) is 19.3. The molecule has 1 fully saturated rings. The Morgan fingerprint density at radius 1 is 1.24 bits per heavy atom. The number of carbonyl (C=O) groups is 3. The Kier molecular flexibility index (Phi) is 11.2. The Hall–Kier alpha value is -2.07. The number of thiophene rings is 1. The van der Waals surface area contributed by atoms with Gasteiger partial charge in [-0.2, -0.15) is 0 Å². The minimum atomic E-state index is -1.06. The lowest BCUT2D eigenvalue weighted by atomic mass is 10.0. The van der Waals surface area contributed by atoms with Gasteiger partial charge < -0.3 is 14.7 Å². The van der Waals surface area contributed by atoms with Crippen molar-refractivity contribution >= 4 is 53.4 Å². The van der Waals surface area contributed by atoms with Crippen LogP contribution in [0.25, 0.3) is 0 Å². The number of hydrogen-bond donors (Lipinski definition) is 2. The van der Waals surface area contributed by atoms with Crippen LogP contribution in [0.2, 0.25) is 0 Å². The predicted molar refractivity (Wildman–Crippen MR) is 133 cm³/mol. The van der Waals surface area contributed by atoms with Crippen LogP contribution in [-0.2, 0) is 25.5 Å². The third kappa shape index (κ3) is 8.03. The van der Waals surface area contributed by atoms with E-state index in [1.165, 1.54) is 4.90 Å². The maximum atomic E-state index is 13.2. The molecular weight excluding hydrogens is 484 g/mol. The highest BCUT2D eigenvalue weighted by molar-refractivity contribution is 7.99. The Bertz CT molecular complexity index is 898. The molecule has 3 atom stereocenters. The number of rotatable bonds is 10. The molecule has 2 heterocycles. The van der Waals surface area contributed by atoms with Gasteiger partial charge in [-0.3, -0.25) is 19.7 Å². The summed E-state index contributed by atoms with van der Waals surface area (Å²) < 4.78 is 5.25. The van der Waals surface area contributed by atoms with Crippen molar-refractivity contribution in [2.75, 3.05) is 25.4 Å². The first-order valence-corrected chi connectivity index (χ1v) is 12.5. The molecule has 1 aromatic carbocycles. The summed E-state index contributed by atoms with van der Waals surface area (Å²) >= 11 is 3.20. The molecule has 7 nitrogen and oxygen atoms in total. The fraction of sp³-hybridized carbons (Fsp3) is 0.435. The molecule has 1 aliphatic heterocycles. The lowest BCUT2D eigenvalue weighted by Crippen LogP contribution is -2.53. The summed E-state index contributed by atoms with van der Waals surface area (Å²) in [7, 11) is 0. The molecule has 1 aliphatic rings. The molecule has 3 rings (SSSR count). The van der Waals surface area contributed by atoms with Crippen LogP contribution in [-0.4, -0.2) is 65.4 Å². The molecule has 33 heavy (non-hydrogen) atoms. The van der Waals surface area contributed by atoms with E-state index < -0.39 is 24.0 Å². The Balaban J connectivity index is 0.00000385. The topological polar surface area (TPSA) is 95.9 Å². The molecule has 180 valence electrons. The van der Waals surface area contributed by atoms with E-state index in [2.05, 4.69) is 5.32 Å². The van der Waals surface area contributed by atoms with Gasteiger partial charge in [-0.15, -0.1) is 35.5 Å². The highest BCUT2D eigenvalue weighted by atomic mass is 35.5. The number of halogens is 1. The lowest BCUT2D eigenvalue weighted by Gasteiger charge is -2.26. The molecular formula is C23H29ClN2O5S2. The number of thioether (sulfide) groups is 1. The van der Waals surface area contributed by atoms with Crippen molar-refractivity contribution in [3.05, 3.63) is 58.3 Å². The van der Waals surface area contributed by atoms with Gasteiger partial charge in [0.25, 0.3) is 0 Å². The van der Waals surface area contributed by atoms with Crippen LogP contribution < -0.4 is 5.32 Å². The van der Waals surface area contributed by atoms with Crippen LogP contribution in [0.1, 0.15) is 29.0 Å². The highest BCUT2D eigenvalue weighted by Gasteiger charge is 2.36. The largest absolute Gasteiger partial charge is 0.480 e. The maximum Gasteiger partial charge on any atom is 0.323 e. The molecule has 2 N–H and O–H groups in total. The standard InChI is InChI=1S/C23H28N2O5S2.ClH/c1-2-30-23(29)17(11-10-16-7-4-3-5-8-16)24-18-15-32-20(19-9-6-12-31-19)13-25(22(18)28)14-21(26)27;/h3-9,12,17-18,20,24H,2,10-11,13-15H2,1H3,(H,26,27);1H. The zero-order valence-corrected chi connectivity index (χ0v) is 20.8. The van der Waals surface area contributed by atoms with Gasteiger partial charge in [0.05, 0.1) is 17.9 Å². The molecule has 1 amide bonds. The second kappa shape index (κ2) is 13.6. The number of aliphatic carboxylic acids is 1. The summed E-state index contributed by atoms with van der Waals surface area (Å²) in [4.78, 5) is 39.7. The monoisotopic (exact) mass is 512 g/mol. The van der Waals surface area contributed by atoms with Crippen molar-refractivity contribution in [1.82, 2.24) is 10.2 Å². The molecule has 0 saturated carbocycles. The summed E-state index contributed by atoms with van der Waals surface area (Å²) in [6, 6.07) is 12.4. The van der Waals surface area contributed by atoms with Gasteiger partial charge in [0.2, 0.25) is 5.91 Å². The van der Waals surface area contributed by atoms with Gasteiger partial charge in [0.1, 0.15) is 12.6 Å². The second-order valence-electron chi connectivity index (χ2n) is 7.50. The number of ether oxygens (including phenoxy) is 1. The third-order valence-corrected chi connectivity index (χ3v) is 7.65. The first-order chi connectivity index (χ1) is 15.5. The van der Waals surface area contributed by atoms with Crippen LogP contribution in [0.3, 0.4) is 0 Å². The van der Waals surface area contributed by atoms with Crippen molar-refractivity contribution in [3.8, 4) is 0 Å². The van der Waals surface area contributed by atoms with Crippen LogP contribution in [0, 0.1) is 0 Å². The highest BCUT2D eigenvalue weighted by Crippen LogP contribution is 2.35. The van der Waals surface area contributed by atoms with Crippen LogP contribution in [0.5, 0.6) is 0 Å². The molecule has 0 spiro atoms. The zero-order chi connectivity index (χ0) is 22.9. The SMILES string of the molecule is CCOC(=O)C(CCc1ccccc1)NC1CSC(c2cccs2)CN(CC(=O)O)C1=O.Cl. The van der Waals surface area contributed by atoms with E-state index in [-0.39, 0.29) is 36.7 Å². The predicted octanol–water partition coefficient (Wildman–Crippen LogP) is 3.39. The summed E-state index contributed by atoms with van der Waals surface area (Å²) in [5, 5.41) is 14.5. The first kappa shape index (κ1) is 27.2. The van der Waals surface area contributed by atoms with Crippen molar-refractivity contribution in [2.24, 2.45) is 0 Å². The van der Waals surface area contributed by atoms with Crippen molar-refractivity contribution in [3.63, 3.8) is 0 Å². The molecule has 10 heteroatoms. The summed E-state index contributed by atoms with van der Waals surface area (Å²) in [6.45, 7) is 1.95. The van der Waals surface area contributed by atoms with Crippen LogP contribution >= 0.6 is 35.5 Å². The second-order valence-corrected chi connectivity index (χ2v) is 9.71. The minimum absolute atomic E-state index is 0. The van der Waals surface area contributed by atoms with Gasteiger partial charge in [-0.05, 0) is 36.8 Å². The Morgan fingerprint density at radius 2 is 2.00 bits per heavy atom. The average Bonchev–Trinajstić information content (AvgIpc) is 3.27. The maximum absolute atomic E-state index is 13.2. The van der Waals surface area contributed by atoms with E-state index in [9.17, 15) is 19.5 Å². The van der Waals surface area contributed by atoms with Gasteiger partial charge in [-0.1, -0.05) is 36.4 Å². The number of nitrogens with one attached hydrogen (secondary N) is 1. The van der Waals surface area contributed by atoms with E-state index in [0.717, 1.165) is 10.4 Å². The van der Waals surface area contributed by atoms with Crippen molar-refractivity contribution in [1.29, 1.82) is 0 Å². The Morgan fingerprint density at radius 3 is 2.64 bits per heavy atom. The molecule has 0 aliphatic carbocycles. The number of hydrogen-bond acceptors (Lipinski definition) is 7. The Labute approximate surface area is 208 Å². The molecule has 0 bridgehead atoms. The number of benzene rings is 1. The molecule has 1 saturated heterocycles. The number of esters is 1. The third-order valence-electron chi connectivity index (χ3n) is 5.18. The fourth-order valence-corrected chi connectivity index (χ4v) is 5.89. The number of carboxylic acids is 1. The van der Waals surface area contributed by atoms with E-state index in [1.54, 1.807) is 30.0 Å². The minimum Gasteiger partial charge on any atom is -0.480 e. The number of amides is 1. The zero-order valence-electron chi connectivity index (χ0n) is 18.3. The number of nitrogens with zero attached hydrogens (tertiary/aromatic N) is 1. The van der Waals surface area contributed by atoms with E-state index in [1.807, 2.05) is 47.8 Å². The van der Waals surface area contributed by atoms with E-state index in [4.69, 9.17) is 4.74 Å². The quantitative estimate of drug-likeness (QED) is 0.471.